The van der Waals surface area contributed by atoms with Crippen molar-refractivity contribution in [2.24, 2.45) is 4.99 Å². The number of aliphatic hydroxyl groups is 1. The second-order valence-electron chi connectivity index (χ2n) is 7.27. The van der Waals surface area contributed by atoms with Crippen LogP contribution in [0.25, 0.3) is 0 Å². The SMILES string of the molecule is C.CC(=O)N[C@H]1COC[C@@H]1O.CC(=O)N[C@H]1COC[C@@H]1[O-].CC[C@H]([O-])C1COC(C)=N1.[2HH].[B].[Rb+].[Rb+]. The predicted octanol–water partition coefficient (Wildman–Crippen LogP) is -8.42. The van der Waals surface area contributed by atoms with Gasteiger partial charge in [0.1, 0.15) is 6.61 Å². The number of aliphatic hydroxyl groups excluding tert-OH is 1. The summed E-state index contributed by atoms with van der Waals surface area (Å²) < 4.78 is 14.8. The van der Waals surface area contributed by atoms with Crippen molar-refractivity contribution in [3.63, 3.8) is 0 Å². The van der Waals surface area contributed by atoms with Gasteiger partial charge in [-0.2, -0.15) is 0 Å². The third-order valence-corrected chi connectivity index (χ3v) is 4.50. The summed E-state index contributed by atoms with van der Waals surface area (Å²) in [6.45, 7) is 8.26. The van der Waals surface area contributed by atoms with Crippen LogP contribution in [0, 0.1) is 0 Å². The average molecular weight is 632 g/mol. The van der Waals surface area contributed by atoms with Gasteiger partial charge in [0, 0.05) is 43.3 Å². The molecule has 2 saturated heterocycles. The van der Waals surface area contributed by atoms with Gasteiger partial charge in [-0.3, -0.25) is 14.6 Å². The Morgan fingerprint density at radius 3 is 1.94 bits per heavy atom. The molecule has 2 fully saturated rings. The van der Waals surface area contributed by atoms with Gasteiger partial charge in [-0.1, -0.05) is 26.9 Å². The van der Waals surface area contributed by atoms with Crippen LogP contribution in [-0.4, -0.2) is 101 Å². The topological polar surface area (TPSA) is 165 Å². The van der Waals surface area contributed by atoms with Crippen LogP contribution >= 0.6 is 0 Å². The second-order valence-corrected chi connectivity index (χ2v) is 7.27. The summed E-state index contributed by atoms with van der Waals surface area (Å²) >= 11 is 0. The van der Waals surface area contributed by atoms with Crippen LogP contribution in [0.3, 0.4) is 0 Å². The van der Waals surface area contributed by atoms with E-state index in [0.717, 1.165) is 0 Å². The van der Waals surface area contributed by atoms with E-state index >= 15 is 0 Å². The van der Waals surface area contributed by atoms with Crippen molar-refractivity contribution < 1.29 is 157 Å². The van der Waals surface area contributed by atoms with Gasteiger partial charge in [0.05, 0.1) is 38.0 Å². The van der Waals surface area contributed by atoms with E-state index in [-0.39, 0.29) is 170 Å². The number of carbonyl (C=O) groups excluding carboxylic acids is 2. The van der Waals surface area contributed by atoms with Crippen LogP contribution in [0.5, 0.6) is 0 Å². The number of hydrogen-bond donors (Lipinski definition) is 3. The maximum atomic E-state index is 11.1. The maximum Gasteiger partial charge on any atom is 1.00 e. The molecular formula is C20H39BN3O8Rb2. The zero-order valence-electron chi connectivity index (χ0n) is 20.5. The third kappa shape index (κ3) is 18.2. The molecule has 11 nitrogen and oxygen atoms in total. The smallest absolute Gasteiger partial charge is 0.850 e. The number of amides is 2. The summed E-state index contributed by atoms with van der Waals surface area (Å²) in [5.74, 6) is 0.352. The molecule has 6 atom stereocenters. The van der Waals surface area contributed by atoms with Crippen LogP contribution in [0.1, 0.15) is 43.0 Å². The quantitative estimate of drug-likeness (QED) is 0.258. The minimum atomic E-state index is -0.788. The van der Waals surface area contributed by atoms with E-state index in [4.69, 9.17) is 19.3 Å². The Balaban J connectivity index is -0.000000120. The molecule has 0 aromatic carbocycles. The van der Waals surface area contributed by atoms with Crippen molar-refractivity contribution in [3.05, 3.63) is 0 Å². The first-order valence-electron chi connectivity index (χ1n) is 10.0. The van der Waals surface area contributed by atoms with Crippen LogP contribution in [0.2, 0.25) is 0 Å². The fourth-order valence-electron chi connectivity index (χ4n) is 2.85. The molecule has 0 spiro atoms. The first-order valence-corrected chi connectivity index (χ1v) is 10.0. The van der Waals surface area contributed by atoms with Crippen LogP contribution in [0.4, 0.5) is 0 Å². The molecule has 3 aliphatic rings. The molecule has 2 amide bonds. The van der Waals surface area contributed by atoms with E-state index in [0.29, 0.717) is 38.7 Å². The van der Waals surface area contributed by atoms with Gasteiger partial charge in [0.2, 0.25) is 11.8 Å². The summed E-state index contributed by atoms with van der Waals surface area (Å²) in [5, 5.41) is 36.1. The van der Waals surface area contributed by atoms with E-state index < -0.39 is 18.3 Å². The molecule has 14 heteroatoms. The summed E-state index contributed by atoms with van der Waals surface area (Å²) in [7, 11) is 0. The Labute approximate surface area is 304 Å². The van der Waals surface area contributed by atoms with Crippen molar-refractivity contribution in [1.29, 1.82) is 0 Å². The van der Waals surface area contributed by atoms with Gasteiger partial charge in [0.25, 0.3) is 0 Å². The maximum absolute atomic E-state index is 11.1. The summed E-state index contributed by atoms with van der Waals surface area (Å²) in [5.41, 5.74) is 0. The molecule has 0 aromatic heterocycles. The largest absolute Gasteiger partial charge is 1.00 e. The number of nitrogens with zero attached hydrogens (tertiary/aromatic N) is 1. The van der Waals surface area contributed by atoms with Crippen LogP contribution in [0.15, 0.2) is 4.99 Å². The normalized spacial score (nSPS) is 27.0. The monoisotopic (exact) mass is 631 g/mol. The molecule has 0 saturated carbocycles. The van der Waals surface area contributed by atoms with Crippen molar-refractivity contribution >= 4 is 26.1 Å². The van der Waals surface area contributed by atoms with Crippen molar-refractivity contribution in [1.82, 2.24) is 10.6 Å². The fraction of sp³-hybridized carbons (Fsp3) is 0.850. The van der Waals surface area contributed by atoms with E-state index in [2.05, 4.69) is 15.6 Å². The molecule has 3 heterocycles. The number of nitrogens with one attached hydrogen (secondary N) is 2. The Morgan fingerprint density at radius 2 is 1.59 bits per heavy atom. The van der Waals surface area contributed by atoms with Gasteiger partial charge < -0.3 is 40.2 Å². The molecule has 3 N–H and O–H groups in total. The van der Waals surface area contributed by atoms with Crippen LogP contribution in [-0.2, 0) is 23.8 Å². The molecule has 3 aliphatic heterocycles. The van der Waals surface area contributed by atoms with Crippen molar-refractivity contribution in [2.45, 2.75) is 78.0 Å². The number of rotatable bonds is 4. The molecule has 1 unspecified atom stereocenters. The van der Waals surface area contributed by atoms with E-state index in [1.165, 1.54) is 13.8 Å². The van der Waals surface area contributed by atoms with Gasteiger partial charge in [-0.05, 0) is 0 Å². The molecule has 34 heavy (non-hydrogen) atoms. The number of aliphatic imine (C=N–C) groups is 1. The fourth-order valence-corrected chi connectivity index (χ4v) is 2.85. The van der Waals surface area contributed by atoms with Crippen molar-refractivity contribution in [3.8, 4) is 0 Å². The first kappa shape index (κ1) is 43.0. The molecule has 3 rings (SSSR count). The summed E-state index contributed by atoms with van der Waals surface area (Å²) in [6, 6.07) is -0.667. The Hall–Kier alpha value is 1.89. The van der Waals surface area contributed by atoms with E-state index in [1.807, 2.05) is 6.92 Å². The average Bonchev–Trinajstić information content (AvgIpc) is 3.39. The molecule has 3 radical (unpaired) electrons. The molecule has 0 aromatic rings. The number of carbonyl (C=O) groups is 2. The zero-order chi connectivity index (χ0) is 22.7. The Kier molecular flexibility index (Phi) is 30.3. The van der Waals surface area contributed by atoms with Gasteiger partial charge >= 0.3 is 116 Å². The minimum Gasteiger partial charge on any atom is -0.850 e. The van der Waals surface area contributed by atoms with Gasteiger partial charge in [-0.15, -0.1) is 6.10 Å². The second kappa shape index (κ2) is 24.0. The Bertz CT molecular complexity index is 567. The van der Waals surface area contributed by atoms with Crippen LogP contribution < -0.4 is 137 Å². The van der Waals surface area contributed by atoms with Gasteiger partial charge in [-0.25, -0.2) is 0 Å². The summed E-state index contributed by atoms with van der Waals surface area (Å²) in [6.07, 6.45) is -1.28. The van der Waals surface area contributed by atoms with E-state index in [1.54, 1.807) is 6.92 Å². The summed E-state index contributed by atoms with van der Waals surface area (Å²) in [4.78, 5) is 24.9. The minimum absolute atomic E-state index is 0. The predicted molar refractivity (Wildman–Crippen MR) is 118 cm³/mol. The van der Waals surface area contributed by atoms with Crippen molar-refractivity contribution in [2.75, 3.05) is 33.0 Å². The number of ether oxygens (including phenoxy) is 3. The molecule has 187 valence electrons. The standard InChI is InChI=1S/C7H12NO2.C6H11NO3.C6H10NO3.CH4.B.2Rb.H2/c1-3-7(9)6-4-10-5(2)8-6;2*1-4(8)7-5-2-10-3-6(5)9;;;;;/h6-7H,3-4H2,1-2H3;5-6,9H,2-3H2,1H3,(H,7,8);5-6H,2-3H2,1H3,(H,7,8);1H4;;;;1H/q-1;;-1;;;2*+1;/t6?,7-;2*5-,6-;;;;;/m000...../s1/i;;;;;;;1+1. The van der Waals surface area contributed by atoms with Gasteiger partial charge in [0.15, 0.2) is 5.90 Å². The van der Waals surface area contributed by atoms with E-state index in [9.17, 15) is 19.8 Å². The molecule has 0 bridgehead atoms. The number of hydrogen-bond acceptors (Lipinski definition) is 9. The third-order valence-electron chi connectivity index (χ3n) is 4.50. The zero-order valence-corrected chi connectivity index (χ0v) is 30.4. The first-order chi connectivity index (χ1) is 14.1. The Morgan fingerprint density at radius 1 is 1.09 bits per heavy atom. The molecule has 0 aliphatic carbocycles. The molecular weight excluding hydrogens is 592 g/mol.